The number of aliphatic hydroxyl groups excluding tert-OH is 1. The quantitative estimate of drug-likeness (QED) is 0.0222. The molecule has 0 aliphatic heterocycles. The lowest BCUT2D eigenvalue weighted by molar-refractivity contribution is -0.161. The van der Waals surface area contributed by atoms with Gasteiger partial charge in [0.2, 0.25) is 0 Å². The number of unbranched alkanes of at least 4 members (excludes halogenated alkanes) is 40. The molecular formula is C74H144O17P2. The largest absolute Gasteiger partial charge is 0.472 e. The fraction of sp³-hybridized carbons (Fsp3) is 0.946. The highest BCUT2D eigenvalue weighted by molar-refractivity contribution is 7.47. The SMILES string of the molecule is CCCCCCCCCCCCC(=O)O[C@H](COC(=O)CCCCCCCCC(C)C)COP(=O)(O)OC[C@H](O)COP(=O)(O)OC[C@@H](COC(=O)CCCCCCCCCCCCCCCCC(C)C)OC(=O)CCCCCCCCCCCCCCCCC(C)C. The summed E-state index contributed by atoms with van der Waals surface area (Å²) >= 11 is 0. The molecular weight excluding hydrogens is 1220 g/mol. The number of hydrogen-bond acceptors (Lipinski definition) is 15. The number of rotatable bonds is 72. The van der Waals surface area contributed by atoms with Gasteiger partial charge in [-0.2, -0.15) is 0 Å². The molecule has 0 heterocycles. The molecule has 3 N–H and O–H groups in total. The zero-order valence-electron chi connectivity index (χ0n) is 60.7. The maximum Gasteiger partial charge on any atom is 0.472 e. The average molecular weight is 1370 g/mol. The summed E-state index contributed by atoms with van der Waals surface area (Å²) in [6, 6.07) is 0. The predicted octanol–water partition coefficient (Wildman–Crippen LogP) is 21.4. The standard InChI is InChI=1S/C74H144O17P2/c1-8-9-10-11-12-13-28-34-43-50-57-73(78)91-70(62-85-72(77)56-49-42-37-36-40-47-54-67(6)7)64-89-93(82,83)87-60-68(75)59-86-92(80,81)88-63-69(90-74(79)58-51-44-35-30-25-21-17-15-19-23-27-32-39-46-53-66(4)5)61-84-71(76)55-48-41-33-29-24-20-16-14-18-22-26-31-38-45-52-65(2)3/h65-70,75H,8-64H2,1-7H3,(H,80,81)(H,82,83)/t68-,69-,70-/m1/s1. The minimum atomic E-state index is -4.96. The molecule has 0 amide bonds. The lowest BCUT2D eigenvalue weighted by Gasteiger charge is -2.21. The van der Waals surface area contributed by atoms with Gasteiger partial charge in [-0.3, -0.25) is 37.3 Å². The molecule has 0 aromatic rings. The molecule has 17 nitrogen and oxygen atoms in total. The molecule has 0 aliphatic carbocycles. The molecule has 5 atom stereocenters. The van der Waals surface area contributed by atoms with Crippen molar-refractivity contribution in [3.63, 3.8) is 0 Å². The normalized spacial score (nSPS) is 14.1. The van der Waals surface area contributed by atoms with E-state index >= 15 is 0 Å². The molecule has 19 heteroatoms. The number of phosphoric acid groups is 2. The van der Waals surface area contributed by atoms with Gasteiger partial charge in [0.15, 0.2) is 12.2 Å². The topological polar surface area (TPSA) is 237 Å². The Morgan fingerprint density at radius 1 is 0.290 bits per heavy atom. The average Bonchev–Trinajstić information content (AvgIpc) is 1.71. The lowest BCUT2D eigenvalue weighted by Crippen LogP contribution is -2.30. The second kappa shape index (κ2) is 64.7. The number of carbonyl (C=O) groups excluding carboxylic acids is 4. The van der Waals surface area contributed by atoms with Gasteiger partial charge in [-0.15, -0.1) is 0 Å². The Labute approximate surface area is 568 Å². The van der Waals surface area contributed by atoms with Crippen LogP contribution in [-0.4, -0.2) is 96.7 Å². The summed E-state index contributed by atoms with van der Waals surface area (Å²) in [6.45, 7) is 11.8. The molecule has 0 fully saturated rings. The van der Waals surface area contributed by atoms with Crippen molar-refractivity contribution in [2.75, 3.05) is 39.6 Å². The lowest BCUT2D eigenvalue weighted by atomic mass is 10.0. The van der Waals surface area contributed by atoms with Gasteiger partial charge in [0.25, 0.3) is 0 Å². The van der Waals surface area contributed by atoms with Crippen LogP contribution < -0.4 is 0 Å². The number of phosphoric ester groups is 2. The van der Waals surface area contributed by atoms with Crippen molar-refractivity contribution in [3.05, 3.63) is 0 Å². The van der Waals surface area contributed by atoms with Crippen molar-refractivity contribution in [1.29, 1.82) is 0 Å². The van der Waals surface area contributed by atoms with Crippen LogP contribution in [0.4, 0.5) is 0 Å². The molecule has 0 saturated heterocycles. The zero-order valence-corrected chi connectivity index (χ0v) is 62.5. The van der Waals surface area contributed by atoms with Gasteiger partial charge in [-0.1, -0.05) is 325 Å². The van der Waals surface area contributed by atoms with E-state index < -0.39 is 97.5 Å². The maximum atomic E-state index is 13.1. The van der Waals surface area contributed by atoms with Crippen molar-refractivity contribution in [3.8, 4) is 0 Å². The van der Waals surface area contributed by atoms with E-state index in [1.54, 1.807) is 0 Å². The minimum absolute atomic E-state index is 0.105. The number of hydrogen-bond donors (Lipinski definition) is 3. The number of carbonyl (C=O) groups is 4. The van der Waals surface area contributed by atoms with Gasteiger partial charge in [0.05, 0.1) is 26.4 Å². The highest BCUT2D eigenvalue weighted by atomic mass is 31.2. The second-order valence-corrected chi connectivity index (χ2v) is 31.0. The van der Waals surface area contributed by atoms with Crippen molar-refractivity contribution in [2.45, 2.75) is 394 Å². The Balaban J connectivity index is 5.22. The summed E-state index contributed by atoms with van der Waals surface area (Å²) in [7, 11) is -9.90. The summed E-state index contributed by atoms with van der Waals surface area (Å²) in [5, 5.41) is 10.6. The fourth-order valence-corrected chi connectivity index (χ4v) is 12.8. The molecule has 2 unspecified atom stereocenters. The van der Waals surface area contributed by atoms with Crippen LogP contribution in [0, 0.1) is 17.8 Å². The smallest absolute Gasteiger partial charge is 0.462 e. The summed E-state index contributed by atoms with van der Waals surface area (Å²) in [5.41, 5.74) is 0. The van der Waals surface area contributed by atoms with Gasteiger partial charge >= 0.3 is 39.5 Å². The molecule has 93 heavy (non-hydrogen) atoms. The molecule has 0 aromatic carbocycles. The van der Waals surface area contributed by atoms with Crippen LogP contribution in [0.5, 0.6) is 0 Å². The minimum Gasteiger partial charge on any atom is -0.462 e. The summed E-state index contributed by atoms with van der Waals surface area (Å²) in [6.07, 6.45) is 50.1. The first-order chi connectivity index (χ1) is 44.7. The van der Waals surface area contributed by atoms with Crippen LogP contribution in [0.2, 0.25) is 0 Å². The van der Waals surface area contributed by atoms with Gasteiger partial charge < -0.3 is 33.8 Å². The Bertz CT molecular complexity index is 1820. The predicted molar refractivity (Wildman–Crippen MR) is 377 cm³/mol. The molecule has 0 saturated carbocycles. The third kappa shape index (κ3) is 68.4. The van der Waals surface area contributed by atoms with Crippen molar-refractivity contribution in [1.82, 2.24) is 0 Å². The summed E-state index contributed by atoms with van der Waals surface area (Å²) in [5.74, 6) is 0.152. The third-order valence-electron chi connectivity index (χ3n) is 17.1. The van der Waals surface area contributed by atoms with Gasteiger partial charge in [-0.25, -0.2) is 9.13 Å². The van der Waals surface area contributed by atoms with Crippen LogP contribution in [0.3, 0.4) is 0 Å². The molecule has 0 radical (unpaired) electrons. The number of esters is 4. The van der Waals surface area contributed by atoms with Crippen molar-refractivity contribution in [2.24, 2.45) is 17.8 Å². The second-order valence-electron chi connectivity index (χ2n) is 28.1. The van der Waals surface area contributed by atoms with Crippen LogP contribution in [0.15, 0.2) is 0 Å². The molecule has 552 valence electrons. The van der Waals surface area contributed by atoms with E-state index in [4.69, 9.17) is 37.0 Å². The first-order valence-corrected chi connectivity index (χ1v) is 41.3. The Hall–Kier alpha value is -1.94. The first kappa shape index (κ1) is 91.1. The van der Waals surface area contributed by atoms with Gasteiger partial charge in [-0.05, 0) is 43.4 Å². The van der Waals surface area contributed by atoms with Gasteiger partial charge in [0, 0.05) is 25.7 Å². The molecule has 0 bridgehead atoms. The third-order valence-corrected chi connectivity index (χ3v) is 19.0. The van der Waals surface area contributed by atoms with Crippen LogP contribution >= 0.6 is 15.6 Å². The van der Waals surface area contributed by atoms with Gasteiger partial charge in [0.1, 0.15) is 19.3 Å². The zero-order chi connectivity index (χ0) is 68.7. The van der Waals surface area contributed by atoms with Crippen LogP contribution in [0.25, 0.3) is 0 Å². The molecule has 0 spiro atoms. The Morgan fingerprint density at radius 3 is 0.731 bits per heavy atom. The first-order valence-electron chi connectivity index (χ1n) is 38.3. The van der Waals surface area contributed by atoms with Crippen LogP contribution in [0.1, 0.15) is 376 Å². The van der Waals surface area contributed by atoms with E-state index in [0.29, 0.717) is 31.6 Å². The fourth-order valence-electron chi connectivity index (χ4n) is 11.2. The molecule has 0 aliphatic rings. The summed E-state index contributed by atoms with van der Waals surface area (Å²) < 4.78 is 68.4. The van der Waals surface area contributed by atoms with E-state index in [-0.39, 0.29) is 25.7 Å². The highest BCUT2D eigenvalue weighted by Crippen LogP contribution is 2.45. The van der Waals surface area contributed by atoms with E-state index in [2.05, 4.69) is 48.5 Å². The van der Waals surface area contributed by atoms with E-state index in [1.165, 1.54) is 180 Å². The van der Waals surface area contributed by atoms with Crippen molar-refractivity contribution < 1.29 is 80.2 Å². The van der Waals surface area contributed by atoms with E-state index in [9.17, 15) is 43.2 Å². The maximum absolute atomic E-state index is 13.1. The van der Waals surface area contributed by atoms with Crippen LogP contribution in [-0.2, 0) is 65.4 Å². The van der Waals surface area contributed by atoms with Crippen molar-refractivity contribution >= 4 is 39.5 Å². The van der Waals surface area contributed by atoms with E-state index in [0.717, 1.165) is 108 Å². The summed E-state index contributed by atoms with van der Waals surface area (Å²) in [4.78, 5) is 72.6. The Morgan fingerprint density at radius 2 is 0.495 bits per heavy atom. The van der Waals surface area contributed by atoms with E-state index in [1.807, 2.05) is 0 Å². The Kier molecular flexibility index (Phi) is 63.4. The molecule has 0 rings (SSSR count). The highest BCUT2D eigenvalue weighted by Gasteiger charge is 2.30. The molecule has 0 aromatic heterocycles. The number of aliphatic hydroxyl groups is 1. The number of ether oxygens (including phenoxy) is 4. The monoisotopic (exact) mass is 1370 g/mol.